The molecule has 0 aliphatic carbocycles. The number of nitrogens with one attached hydrogen (secondary N) is 1. The Bertz CT molecular complexity index is 690. The summed E-state index contributed by atoms with van der Waals surface area (Å²) in [7, 11) is 0. The molecule has 2 rings (SSSR count). The number of nitrogen functional groups attached to an aromatic ring is 1. The molecule has 3 N–H and O–H groups in total. The molecule has 142 valence electrons. The van der Waals surface area contributed by atoms with Crippen LogP contribution in [0.25, 0.3) is 0 Å². The Balaban J connectivity index is 1.84. The van der Waals surface area contributed by atoms with E-state index in [0.29, 0.717) is 31.0 Å². The van der Waals surface area contributed by atoms with E-state index in [1.165, 1.54) is 18.3 Å². The molecule has 0 bridgehead atoms. The summed E-state index contributed by atoms with van der Waals surface area (Å²) in [6, 6.07) is 5.18. The van der Waals surface area contributed by atoms with Gasteiger partial charge in [-0.2, -0.15) is 18.2 Å². The lowest BCUT2D eigenvalue weighted by molar-refractivity contribution is -0.137. The molecule has 1 aromatic heterocycles. The van der Waals surface area contributed by atoms with Crippen LogP contribution in [0.1, 0.15) is 37.3 Å². The summed E-state index contributed by atoms with van der Waals surface area (Å²) in [5.74, 6) is 1.24. The van der Waals surface area contributed by atoms with Gasteiger partial charge in [0.15, 0.2) is 11.6 Å². The first kappa shape index (κ1) is 19.8. The van der Waals surface area contributed by atoms with E-state index in [1.54, 1.807) is 0 Å². The maximum atomic E-state index is 12.5. The third kappa shape index (κ3) is 6.09. The van der Waals surface area contributed by atoms with E-state index in [0.717, 1.165) is 37.1 Å². The second-order valence-electron chi connectivity index (χ2n) is 5.87. The van der Waals surface area contributed by atoms with Gasteiger partial charge in [0.05, 0.1) is 18.4 Å². The maximum Gasteiger partial charge on any atom is 0.416 e. The summed E-state index contributed by atoms with van der Waals surface area (Å²) in [6.07, 6.45) is 0.539. The van der Waals surface area contributed by atoms with E-state index in [9.17, 15) is 13.2 Å². The SMILES string of the molecule is CCCCNc1nc(N)ncc1OCCCc1ccc(C(F)(F)F)cc1. The highest BCUT2D eigenvalue weighted by Gasteiger charge is 2.29. The molecule has 5 nitrogen and oxygen atoms in total. The highest BCUT2D eigenvalue weighted by atomic mass is 19.4. The van der Waals surface area contributed by atoms with Crippen molar-refractivity contribution in [2.45, 2.75) is 38.8 Å². The number of nitrogens with zero attached hydrogens (tertiary/aromatic N) is 2. The van der Waals surface area contributed by atoms with Gasteiger partial charge in [0.2, 0.25) is 5.95 Å². The van der Waals surface area contributed by atoms with Crippen LogP contribution in [0, 0.1) is 0 Å². The molecule has 0 saturated carbocycles. The van der Waals surface area contributed by atoms with Crippen LogP contribution in [0.15, 0.2) is 30.5 Å². The van der Waals surface area contributed by atoms with Crippen molar-refractivity contribution in [3.8, 4) is 5.75 Å². The fraction of sp³-hybridized carbons (Fsp3) is 0.444. The number of anilines is 2. The molecule has 0 aliphatic rings. The van der Waals surface area contributed by atoms with E-state index in [1.807, 2.05) is 0 Å². The third-order valence-corrected chi connectivity index (χ3v) is 3.75. The molecular weight excluding hydrogens is 345 g/mol. The van der Waals surface area contributed by atoms with E-state index in [-0.39, 0.29) is 5.95 Å². The van der Waals surface area contributed by atoms with Crippen LogP contribution in [-0.4, -0.2) is 23.1 Å². The molecule has 8 heteroatoms. The quantitative estimate of drug-likeness (QED) is 0.646. The Morgan fingerprint density at radius 3 is 2.54 bits per heavy atom. The highest BCUT2D eigenvalue weighted by Crippen LogP contribution is 2.29. The van der Waals surface area contributed by atoms with Gasteiger partial charge in [0.1, 0.15) is 0 Å². The first-order valence-corrected chi connectivity index (χ1v) is 8.55. The lowest BCUT2D eigenvalue weighted by Gasteiger charge is -2.12. The summed E-state index contributed by atoms with van der Waals surface area (Å²) in [4.78, 5) is 8.07. The Labute approximate surface area is 150 Å². The average molecular weight is 368 g/mol. The highest BCUT2D eigenvalue weighted by molar-refractivity contribution is 5.51. The van der Waals surface area contributed by atoms with Crippen LogP contribution in [0.2, 0.25) is 0 Å². The number of unbranched alkanes of at least 4 members (excludes halogenated alkanes) is 1. The molecule has 0 fully saturated rings. The minimum Gasteiger partial charge on any atom is -0.488 e. The smallest absolute Gasteiger partial charge is 0.416 e. The molecule has 0 radical (unpaired) electrons. The zero-order chi connectivity index (χ0) is 19.0. The summed E-state index contributed by atoms with van der Waals surface area (Å²) in [6.45, 7) is 3.25. The van der Waals surface area contributed by atoms with E-state index in [4.69, 9.17) is 10.5 Å². The van der Waals surface area contributed by atoms with Gasteiger partial charge in [-0.15, -0.1) is 0 Å². The average Bonchev–Trinajstić information content (AvgIpc) is 2.60. The molecule has 0 saturated heterocycles. The van der Waals surface area contributed by atoms with Crippen LogP contribution < -0.4 is 15.8 Å². The summed E-state index contributed by atoms with van der Waals surface area (Å²) < 4.78 is 43.3. The monoisotopic (exact) mass is 368 g/mol. The number of aryl methyl sites for hydroxylation is 1. The lowest BCUT2D eigenvalue weighted by Crippen LogP contribution is -2.09. The van der Waals surface area contributed by atoms with Crippen molar-refractivity contribution >= 4 is 11.8 Å². The van der Waals surface area contributed by atoms with Gasteiger partial charge >= 0.3 is 6.18 Å². The van der Waals surface area contributed by atoms with Gasteiger partial charge in [0, 0.05) is 6.54 Å². The number of alkyl halides is 3. The summed E-state index contributed by atoms with van der Waals surface area (Å²) >= 11 is 0. The molecular formula is C18H23F3N4O. The molecule has 0 spiro atoms. The van der Waals surface area contributed by atoms with Crippen LogP contribution in [0.4, 0.5) is 24.9 Å². The molecule has 0 atom stereocenters. The van der Waals surface area contributed by atoms with Crippen LogP contribution >= 0.6 is 0 Å². The second-order valence-corrected chi connectivity index (χ2v) is 5.87. The molecule has 2 aromatic rings. The first-order valence-electron chi connectivity index (χ1n) is 8.55. The van der Waals surface area contributed by atoms with Gasteiger partial charge in [0.25, 0.3) is 0 Å². The standard InChI is InChI=1S/C18H23F3N4O/c1-2-3-10-23-16-15(12-24-17(22)25-16)26-11-4-5-13-6-8-14(9-7-13)18(19,20)21/h6-9,12H,2-5,10-11H2,1H3,(H3,22,23,24,25). The largest absolute Gasteiger partial charge is 0.488 e. The van der Waals surface area contributed by atoms with Crippen molar-refractivity contribution in [3.63, 3.8) is 0 Å². The van der Waals surface area contributed by atoms with Crippen molar-refractivity contribution in [1.29, 1.82) is 0 Å². The number of aromatic nitrogens is 2. The van der Waals surface area contributed by atoms with Gasteiger partial charge in [-0.3, -0.25) is 0 Å². The summed E-state index contributed by atoms with van der Waals surface area (Å²) in [5, 5.41) is 3.17. The molecule has 1 heterocycles. The van der Waals surface area contributed by atoms with E-state index >= 15 is 0 Å². The second kappa shape index (κ2) is 9.26. The Morgan fingerprint density at radius 1 is 1.15 bits per heavy atom. The zero-order valence-corrected chi connectivity index (χ0v) is 14.6. The predicted molar refractivity (Wildman–Crippen MR) is 95.1 cm³/mol. The van der Waals surface area contributed by atoms with Crippen molar-refractivity contribution < 1.29 is 17.9 Å². The molecule has 26 heavy (non-hydrogen) atoms. The van der Waals surface area contributed by atoms with Crippen molar-refractivity contribution in [2.24, 2.45) is 0 Å². The van der Waals surface area contributed by atoms with Crippen LogP contribution in [0.3, 0.4) is 0 Å². The van der Waals surface area contributed by atoms with Crippen LogP contribution in [-0.2, 0) is 12.6 Å². The third-order valence-electron chi connectivity index (χ3n) is 3.75. The molecule has 0 aliphatic heterocycles. The first-order chi connectivity index (χ1) is 12.4. The van der Waals surface area contributed by atoms with Crippen molar-refractivity contribution in [2.75, 3.05) is 24.2 Å². The number of nitrogens with two attached hydrogens (primary N) is 1. The maximum absolute atomic E-state index is 12.5. The number of ether oxygens (including phenoxy) is 1. The lowest BCUT2D eigenvalue weighted by atomic mass is 10.1. The Morgan fingerprint density at radius 2 is 1.88 bits per heavy atom. The normalized spacial score (nSPS) is 11.4. The van der Waals surface area contributed by atoms with Gasteiger partial charge < -0.3 is 15.8 Å². The molecule has 1 aromatic carbocycles. The van der Waals surface area contributed by atoms with Gasteiger partial charge in [-0.05, 0) is 37.0 Å². The molecule has 0 unspecified atom stereocenters. The fourth-order valence-corrected chi connectivity index (χ4v) is 2.32. The predicted octanol–water partition coefficient (Wildman–Crippen LogP) is 4.30. The number of halogens is 3. The zero-order valence-electron chi connectivity index (χ0n) is 14.6. The van der Waals surface area contributed by atoms with Crippen molar-refractivity contribution in [1.82, 2.24) is 9.97 Å². The minimum absolute atomic E-state index is 0.168. The molecule has 0 amide bonds. The number of hydrogen-bond donors (Lipinski definition) is 2. The number of hydrogen-bond acceptors (Lipinski definition) is 5. The fourth-order valence-electron chi connectivity index (χ4n) is 2.32. The number of rotatable bonds is 9. The van der Waals surface area contributed by atoms with Gasteiger partial charge in [-0.1, -0.05) is 25.5 Å². The van der Waals surface area contributed by atoms with Crippen LogP contribution in [0.5, 0.6) is 5.75 Å². The summed E-state index contributed by atoms with van der Waals surface area (Å²) in [5.41, 5.74) is 5.80. The minimum atomic E-state index is -4.31. The van der Waals surface area contributed by atoms with Gasteiger partial charge in [-0.25, -0.2) is 4.98 Å². The number of benzene rings is 1. The van der Waals surface area contributed by atoms with Crippen molar-refractivity contribution in [3.05, 3.63) is 41.6 Å². The van der Waals surface area contributed by atoms with E-state index in [2.05, 4.69) is 22.2 Å². The Hall–Kier alpha value is -2.51. The van der Waals surface area contributed by atoms with E-state index < -0.39 is 11.7 Å². The Kier molecular flexibility index (Phi) is 7.06. The topological polar surface area (TPSA) is 73.1 Å².